The Bertz CT molecular complexity index is 721. The zero-order valence-corrected chi connectivity index (χ0v) is 13.2. The van der Waals surface area contributed by atoms with Gasteiger partial charge in [0.25, 0.3) is 0 Å². The van der Waals surface area contributed by atoms with Crippen molar-refractivity contribution < 1.29 is 18.0 Å². The number of hydrogen-bond acceptors (Lipinski definition) is 3. The molecule has 1 unspecified atom stereocenters. The zero-order chi connectivity index (χ0) is 17.3. The van der Waals surface area contributed by atoms with Crippen LogP contribution in [0, 0.1) is 0 Å². The van der Waals surface area contributed by atoms with Crippen molar-refractivity contribution in [2.75, 3.05) is 13.1 Å². The summed E-state index contributed by atoms with van der Waals surface area (Å²) in [5, 5.41) is 4.03. The number of amides is 1. The van der Waals surface area contributed by atoms with Crippen molar-refractivity contribution in [1.82, 2.24) is 24.6 Å². The Kier molecular flexibility index (Phi) is 4.33. The summed E-state index contributed by atoms with van der Waals surface area (Å²) < 4.78 is 39.6. The Hall–Kier alpha value is -2.32. The predicted molar refractivity (Wildman–Crippen MR) is 79.1 cm³/mol. The van der Waals surface area contributed by atoms with E-state index >= 15 is 0 Å². The van der Waals surface area contributed by atoms with Crippen LogP contribution in [0.25, 0.3) is 0 Å². The summed E-state index contributed by atoms with van der Waals surface area (Å²) in [5.41, 5.74) is -0.0294. The SMILES string of the molecule is Cn1cc(CC(=O)N2CCCC(c3ncc(C(F)(F)F)[nH]3)C2)cn1. The van der Waals surface area contributed by atoms with Crippen LogP contribution in [0.5, 0.6) is 0 Å². The van der Waals surface area contributed by atoms with Gasteiger partial charge in [-0.15, -0.1) is 0 Å². The first-order valence-electron chi connectivity index (χ1n) is 7.70. The number of nitrogens with one attached hydrogen (secondary N) is 1. The number of aromatic amines is 1. The van der Waals surface area contributed by atoms with Gasteiger partial charge in [0.15, 0.2) is 0 Å². The molecule has 2 aromatic heterocycles. The molecule has 6 nitrogen and oxygen atoms in total. The van der Waals surface area contributed by atoms with Gasteiger partial charge in [-0.3, -0.25) is 9.48 Å². The zero-order valence-electron chi connectivity index (χ0n) is 13.2. The molecule has 9 heteroatoms. The first-order chi connectivity index (χ1) is 11.3. The number of piperidine rings is 1. The number of nitrogens with zero attached hydrogens (tertiary/aromatic N) is 4. The Balaban J connectivity index is 1.65. The number of aryl methyl sites for hydroxylation is 1. The Morgan fingerprint density at radius 3 is 2.83 bits per heavy atom. The minimum Gasteiger partial charge on any atom is -0.342 e. The first kappa shape index (κ1) is 16.5. The number of likely N-dealkylation sites (tertiary alicyclic amines) is 1. The van der Waals surface area contributed by atoms with Gasteiger partial charge in [0.05, 0.1) is 18.8 Å². The largest absolute Gasteiger partial charge is 0.432 e. The number of alkyl halides is 3. The van der Waals surface area contributed by atoms with Crippen LogP contribution in [0.3, 0.4) is 0 Å². The lowest BCUT2D eigenvalue weighted by Crippen LogP contribution is -2.40. The van der Waals surface area contributed by atoms with Crippen LogP contribution in [0.2, 0.25) is 0 Å². The van der Waals surface area contributed by atoms with Gasteiger partial charge in [-0.25, -0.2) is 4.98 Å². The number of aromatic nitrogens is 4. The number of hydrogen-bond donors (Lipinski definition) is 1. The van der Waals surface area contributed by atoms with Crippen LogP contribution >= 0.6 is 0 Å². The molecule has 1 atom stereocenters. The maximum atomic E-state index is 12.7. The van der Waals surface area contributed by atoms with Crippen molar-refractivity contribution >= 4 is 5.91 Å². The van der Waals surface area contributed by atoms with E-state index < -0.39 is 11.9 Å². The lowest BCUT2D eigenvalue weighted by atomic mass is 9.97. The molecule has 24 heavy (non-hydrogen) atoms. The number of imidazole rings is 1. The Morgan fingerprint density at radius 2 is 2.21 bits per heavy atom. The van der Waals surface area contributed by atoms with E-state index in [1.54, 1.807) is 29.0 Å². The van der Waals surface area contributed by atoms with Crippen LogP contribution in [0.1, 0.15) is 35.8 Å². The molecule has 0 bridgehead atoms. The van der Waals surface area contributed by atoms with Crippen LogP contribution in [-0.4, -0.2) is 43.6 Å². The van der Waals surface area contributed by atoms with Gasteiger partial charge in [-0.1, -0.05) is 0 Å². The minimum atomic E-state index is -4.43. The summed E-state index contributed by atoms with van der Waals surface area (Å²) in [5.74, 6) is 0.0456. The highest BCUT2D eigenvalue weighted by Crippen LogP contribution is 2.31. The Morgan fingerprint density at radius 1 is 1.42 bits per heavy atom. The molecule has 2 aromatic rings. The van der Waals surface area contributed by atoms with Crippen LogP contribution < -0.4 is 0 Å². The van der Waals surface area contributed by atoms with Gasteiger partial charge in [0.2, 0.25) is 5.91 Å². The number of H-pyrrole nitrogens is 1. The van der Waals surface area contributed by atoms with Crippen molar-refractivity contribution in [3.05, 3.63) is 35.7 Å². The molecular formula is C15H18F3N5O. The molecule has 1 fully saturated rings. The van der Waals surface area contributed by atoms with E-state index in [4.69, 9.17) is 0 Å². The second kappa shape index (κ2) is 6.29. The smallest absolute Gasteiger partial charge is 0.342 e. The number of rotatable bonds is 3. The molecule has 0 aromatic carbocycles. The van der Waals surface area contributed by atoms with Gasteiger partial charge in [-0.2, -0.15) is 18.3 Å². The fraction of sp³-hybridized carbons (Fsp3) is 0.533. The van der Waals surface area contributed by atoms with E-state index in [1.165, 1.54) is 0 Å². The van der Waals surface area contributed by atoms with Crippen LogP contribution in [0.4, 0.5) is 13.2 Å². The third-order valence-corrected chi connectivity index (χ3v) is 4.18. The molecule has 3 rings (SSSR count). The predicted octanol–water partition coefficient (Wildman–Crippen LogP) is 2.11. The maximum absolute atomic E-state index is 12.7. The van der Waals surface area contributed by atoms with Gasteiger partial charge in [-0.05, 0) is 18.4 Å². The van der Waals surface area contributed by atoms with Gasteiger partial charge in [0.1, 0.15) is 11.5 Å². The van der Waals surface area contributed by atoms with E-state index in [2.05, 4.69) is 15.1 Å². The molecule has 0 radical (unpaired) electrons. The molecular weight excluding hydrogens is 323 g/mol. The standard InChI is InChI=1S/C15H18F3N5O/c1-22-8-10(6-20-22)5-13(24)23-4-2-3-11(9-23)14-19-7-12(21-14)15(16,17)18/h6-8,11H,2-5,9H2,1H3,(H,19,21). The quantitative estimate of drug-likeness (QED) is 0.930. The number of carbonyl (C=O) groups excluding carboxylic acids is 1. The van der Waals surface area contributed by atoms with E-state index in [0.29, 0.717) is 25.3 Å². The van der Waals surface area contributed by atoms with Gasteiger partial charge in [0, 0.05) is 32.3 Å². The van der Waals surface area contributed by atoms with Gasteiger partial charge >= 0.3 is 6.18 Å². The summed E-state index contributed by atoms with van der Waals surface area (Å²) in [6, 6.07) is 0. The molecule has 0 spiro atoms. The normalized spacial score (nSPS) is 18.8. The average molecular weight is 341 g/mol. The second-order valence-corrected chi connectivity index (χ2v) is 6.06. The van der Waals surface area contributed by atoms with E-state index in [-0.39, 0.29) is 18.2 Å². The van der Waals surface area contributed by atoms with Crippen molar-refractivity contribution in [2.45, 2.75) is 31.4 Å². The molecule has 1 N–H and O–H groups in total. The highest BCUT2D eigenvalue weighted by atomic mass is 19.4. The average Bonchev–Trinajstić information content (AvgIpc) is 3.16. The fourth-order valence-electron chi connectivity index (χ4n) is 2.96. The topological polar surface area (TPSA) is 66.8 Å². The van der Waals surface area contributed by atoms with Crippen molar-refractivity contribution in [3.8, 4) is 0 Å². The Labute approximate surface area is 136 Å². The minimum absolute atomic E-state index is 0.0460. The monoisotopic (exact) mass is 341 g/mol. The second-order valence-electron chi connectivity index (χ2n) is 6.06. The highest BCUT2D eigenvalue weighted by Gasteiger charge is 2.34. The first-order valence-corrected chi connectivity index (χ1v) is 7.70. The summed E-state index contributed by atoms with van der Waals surface area (Å²) >= 11 is 0. The molecule has 0 saturated carbocycles. The lowest BCUT2D eigenvalue weighted by molar-refractivity contribution is -0.141. The molecule has 1 aliphatic heterocycles. The third-order valence-electron chi connectivity index (χ3n) is 4.18. The van der Waals surface area contributed by atoms with E-state index in [0.717, 1.165) is 18.2 Å². The molecule has 1 saturated heterocycles. The van der Waals surface area contributed by atoms with Gasteiger partial charge < -0.3 is 9.88 Å². The highest BCUT2D eigenvalue weighted by molar-refractivity contribution is 5.78. The molecule has 1 aliphatic rings. The number of halogens is 3. The lowest BCUT2D eigenvalue weighted by Gasteiger charge is -2.32. The molecule has 0 aliphatic carbocycles. The van der Waals surface area contributed by atoms with Crippen LogP contribution in [0.15, 0.2) is 18.6 Å². The van der Waals surface area contributed by atoms with Crippen molar-refractivity contribution in [2.24, 2.45) is 7.05 Å². The molecule has 3 heterocycles. The van der Waals surface area contributed by atoms with E-state index in [1.807, 2.05) is 0 Å². The maximum Gasteiger partial charge on any atom is 0.432 e. The van der Waals surface area contributed by atoms with Crippen molar-refractivity contribution in [1.29, 1.82) is 0 Å². The summed E-state index contributed by atoms with van der Waals surface area (Å²) in [6.45, 7) is 0.992. The van der Waals surface area contributed by atoms with Crippen molar-refractivity contribution in [3.63, 3.8) is 0 Å². The number of carbonyl (C=O) groups is 1. The molecule has 1 amide bonds. The third kappa shape index (κ3) is 3.60. The summed E-state index contributed by atoms with van der Waals surface area (Å²) in [6.07, 6.45) is 1.49. The van der Waals surface area contributed by atoms with Crippen LogP contribution in [-0.2, 0) is 24.4 Å². The summed E-state index contributed by atoms with van der Waals surface area (Å²) in [7, 11) is 1.78. The summed E-state index contributed by atoms with van der Waals surface area (Å²) in [4.78, 5) is 20.3. The van der Waals surface area contributed by atoms with E-state index in [9.17, 15) is 18.0 Å². The molecule has 130 valence electrons. The fourth-order valence-corrected chi connectivity index (χ4v) is 2.96.